The lowest BCUT2D eigenvalue weighted by Crippen LogP contribution is -2.40. The standard InChI is InChI=1S/C20H23NO2/c1-3-4-13-20(14-19(22)23-2)17-11-7-5-9-15(17)16-10-6-8-12-18(16)21-20/h5-12,21H,3-4,13-14H2,1-2H3. The maximum atomic E-state index is 12.1. The Morgan fingerprint density at radius 1 is 1.09 bits per heavy atom. The molecule has 1 unspecified atom stereocenters. The van der Waals surface area contributed by atoms with Crippen LogP contribution in [0.25, 0.3) is 11.1 Å². The van der Waals surface area contributed by atoms with Gasteiger partial charge in [0, 0.05) is 11.3 Å². The largest absolute Gasteiger partial charge is 0.469 e. The highest BCUT2D eigenvalue weighted by Gasteiger charge is 2.39. The fourth-order valence-corrected chi connectivity index (χ4v) is 3.51. The smallest absolute Gasteiger partial charge is 0.308 e. The van der Waals surface area contributed by atoms with E-state index in [1.807, 2.05) is 12.1 Å². The van der Waals surface area contributed by atoms with Crippen molar-refractivity contribution in [1.29, 1.82) is 0 Å². The van der Waals surface area contributed by atoms with E-state index < -0.39 is 5.54 Å². The van der Waals surface area contributed by atoms with Gasteiger partial charge in [-0.15, -0.1) is 0 Å². The Balaban J connectivity index is 2.14. The molecule has 0 aliphatic carbocycles. The third kappa shape index (κ3) is 2.83. The van der Waals surface area contributed by atoms with E-state index in [4.69, 9.17) is 4.74 Å². The second kappa shape index (κ2) is 6.45. The van der Waals surface area contributed by atoms with Crippen LogP contribution >= 0.6 is 0 Å². The fourth-order valence-electron chi connectivity index (χ4n) is 3.51. The number of nitrogens with one attached hydrogen (secondary N) is 1. The van der Waals surface area contributed by atoms with Gasteiger partial charge in [-0.2, -0.15) is 0 Å². The predicted molar refractivity (Wildman–Crippen MR) is 93.3 cm³/mol. The monoisotopic (exact) mass is 309 g/mol. The summed E-state index contributed by atoms with van der Waals surface area (Å²) in [5.74, 6) is -0.178. The van der Waals surface area contributed by atoms with E-state index in [1.165, 1.54) is 23.8 Å². The Bertz CT molecular complexity index is 710. The Labute approximate surface area is 137 Å². The van der Waals surface area contributed by atoms with Crippen LogP contribution in [0.2, 0.25) is 0 Å². The second-order valence-electron chi connectivity index (χ2n) is 6.15. The van der Waals surface area contributed by atoms with E-state index in [-0.39, 0.29) is 5.97 Å². The van der Waals surface area contributed by atoms with Crippen LogP contribution in [0.4, 0.5) is 5.69 Å². The van der Waals surface area contributed by atoms with Gasteiger partial charge >= 0.3 is 5.97 Å². The number of fused-ring (bicyclic) bond motifs is 3. The molecule has 3 nitrogen and oxygen atoms in total. The van der Waals surface area contributed by atoms with Gasteiger partial charge < -0.3 is 10.1 Å². The molecule has 0 bridgehead atoms. The van der Waals surface area contributed by atoms with Crippen molar-refractivity contribution in [1.82, 2.24) is 0 Å². The van der Waals surface area contributed by atoms with Crippen molar-refractivity contribution < 1.29 is 9.53 Å². The highest BCUT2D eigenvalue weighted by Crippen LogP contribution is 2.47. The molecule has 1 atom stereocenters. The maximum Gasteiger partial charge on any atom is 0.308 e. The molecule has 0 radical (unpaired) electrons. The minimum absolute atomic E-state index is 0.178. The third-order valence-electron chi connectivity index (χ3n) is 4.66. The summed E-state index contributed by atoms with van der Waals surface area (Å²) in [6, 6.07) is 16.7. The van der Waals surface area contributed by atoms with Crippen LogP contribution in [0.1, 0.15) is 38.2 Å². The molecule has 1 aliphatic rings. The highest BCUT2D eigenvalue weighted by molar-refractivity contribution is 5.86. The predicted octanol–water partition coefficient (Wildman–Crippen LogP) is 4.73. The summed E-state index contributed by atoms with van der Waals surface area (Å²) in [7, 11) is 1.46. The number of rotatable bonds is 5. The number of unbranched alkanes of at least 4 members (excludes halogenated alkanes) is 1. The normalized spacial score (nSPS) is 18.5. The SMILES string of the molecule is CCCCC1(CC(=O)OC)Nc2ccccc2-c2ccccc21. The van der Waals surface area contributed by atoms with Gasteiger partial charge in [0.2, 0.25) is 0 Å². The number of hydrogen-bond acceptors (Lipinski definition) is 3. The molecule has 23 heavy (non-hydrogen) atoms. The summed E-state index contributed by atoms with van der Waals surface area (Å²) in [6.45, 7) is 2.18. The van der Waals surface area contributed by atoms with Gasteiger partial charge in [-0.25, -0.2) is 0 Å². The molecule has 120 valence electrons. The molecule has 0 amide bonds. The van der Waals surface area contributed by atoms with Crippen molar-refractivity contribution in [3.8, 4) is 11.1 Å². The Morgan fingerprint density at radius 3 is 2.52 bits per heavy atom. The maximum absolute atomic E-state index is 12.1. The minimum atomic E-state index is -0.395. The number of hydrogen-bond donors (Lipinski definition) is 1. The Kier molecular flexibility index (Phi) is 4.37. The average Bonchev–Trinajstić information content (AvgIpc) is 2.60. The summed E-state index contributed by atoms with van der Waals surface area (Å²) in [4.78, 5) is 12.1. The highest BCUT2D eigenvalue weighted by atomic mass is 16.5. The zero-order valence-corrected chi connectivity index (χ0v) is 13.8. The van der Waals surface area contributed by atoms with Crippen molar-refractivity contribution in [3.63, 3.8) is 0 Å². The number of anilines is 1. The summed E-state index contributed by atoms with van der Waals surface area (Å²) in [5.41, 5.74) is 4.29. The number of benzene rings is 2. The van der Waals surface area contributed by atoms with Crippen LogP contribution in [-0.2, 0) is 15.1 Å². The molecule has 0 saturated heterocycles. The van der Waals surface area contributed by atoms with Crippen LogP contribution < -0.4 is 5.32 Å². The number of methoxy groups -OCH3 is 1. The van der Waals surface area contributed by atoms with Gasteiger partial charge in [0.25, 0.3) is 0 Å². The minimum Gasteiger partial charge on any atom is -0.469 e. The Morgan fingerprint density at radius 2 is 1.78 bits per heavy atom. The van der Waals surface area contributed by atoms with Gasteiger partial charge in [0.15, 0.2) is 0 Å². The van der Waals surface area contributed by atoms with Crippen LogP contribution in [0.5, 0.6) is 0 Å². The first-order valence-corrected chi connectivity index (χ1v) is 8.24. The summed E-state index contributed by atoms with van der Waals surface area (Å²) < 4.78 is 4.98. The molecule has 3 rings (SSSR count). The van der Waals surface area contributed by atoms with E-state index in [1.54, 1.807) is 0 Å². The van der Waals surface area contributed by atoms with Gasteiger partial charge in [-0.1, -0.05) is 62.2 Å². The lowest BCUT2D eigenvalue weighted by molar-refractivity contribution is -0.142. The van der Waals surface area contributed by atoms with E-state index >= 15 is 0 Å². The lowest BCUT2D eigenvalue weighted by atomic mass is 9.75. The van der Waals surface area contributed by atoms with Crippen molar-refractivity contribution in [3.05, 3.63) is 54.1 Å². The summed E-state index contributed by atoms with van der Waals surface area (Å²) in [5, 5.41) is 3.67. The molecule has 1 aliphatic heterocycles. The molecule has 1 heterocycles. The number of carbonyl (C=O) groups is 1. The van der Waals surface area contributed by atoms with Crippen LogP contribution in [0.3, 0.4) is 0 Å². The molecule has 2 aromatic carbocycles. The van der Waals surface area contributed by atoms with Crippen LogP contribution in [0, 0.1) is 0 Å². The van der Waals surface area contributed by atoms with Gasteiger partial charge in [-0.05, 0) is 23.6 Å². The molecule has 1 N–H and O–H groups in total. The summed E-state index contributed by atoms with van der Waals surface area (Å²) in [6.07, 6.45) is 3.40. The Hall–Kier alpha value is -2.29. The van der Waals surface area contributed by atoms with E-state index in [2.05, 4.69) is 48.6 Å². The molecular weight excluding hydrogens is 286 g/mol. The molecular formula is C20H23NO2. The molecule has 3 heteroatoms. The quantitative estimate of drug-likeness (QED) is 0.812. The molecule has 0 aromatic heterocycles. The molecule has 0 saturated carbocycles. The second-order valence-corrected chi connectivity index (χ2v) is 6.15. The zero-order chi connectivity index (χ0) is 16.3. The van der Waals surface area contributed by atoms with Crippen molar-refractivity contribution >= 4 is 11.7 Å². The van der Waals surface area contributed by atoms with E-state index in [0.29, 0.717) is 6.42 Å². The number of para-hydroxylation sites is 1. The van der Waals surface area contributed by atoms with Crippen molar-refractivity contribution in [2.24, 2.45) is 0 Å². The lowest BCUT2D eigenvalue weighted by Gasteiger charge is -2.41. The number of esters is 1. The third-order valence-corrected chi connectivity index (χ3v) is 4.66. The average molecular weight is 309 g/mol. The fraction of sp³-hybridized carbons (Fsp3) is 0.350. The van der Waals surface area contributed by atoms with Crippen LogP contribution in [0.15, 0.2) is 48.5 Å². The van der Waals surface area contributed by atoms with E-state index in [9.17, 15) is 4.79 Å². The number of ether oxygens (including phenoxy) is 1. The van der Waals surface area contributed by atoms with Crippen molar-refractivity contribution in [2.45, 2.75) is 38.1 Å². The first-order valence-electron chi connectivity index (χ1n) is 8.24. The van der Waals surface area contributed by atoms with Gasteiger partial charge in [0.05, 0.1) is 19.1 Å². The molecule has 0 spiro atoms. The zero-order valence-electron chi connectivity index (χ0n) is 13.8. The summed E-state index contributed by atoms with van der Waals surface area (Å²) >= 11 is 0. The van der Waals surface area contributed by atoms with Gasteiger partial charge in [-0.3, -0.25) is 4.79 Å². The molecule has 0 fully saturated rings. The molecule has 2 aromatic rings. The topological polar surface area (TPSA) is 38.3 Å². The van der Waals surface area contributed by atoms with E-state index in [0.717, 1.165) is 24.9 Å². The van der Waals surface area contributed by atoms with Gasteiger partial charge in [0.1, 0.15) is 0 Å². The van der Waals surface area contributed by atoms with Crippen molar-refractivity contribution in [2.75, 3.05) is 12.4 Å². The van der Waals surface area contributed by atoms with Crippen LogP contribution in [-0.4, -0.2) is 13.1 Å². The first-order chi connectivity index (χ1) is 11.2. The first kappa shape index (κ1) is 15.6. The number of carbonyl (C=O) groups excluding carboxylic acids is 1.